The van der Waals surface area contributed by atoms with Crippen molar-refractivity contribution in [3.8, 4) is 0 Å². The third kappa shape index (κ3) is 10.6. The van der Waals surface area contributed by atoms with Gasteiger partial charge in [-0.05, 0) is 37.2 Å². The van der Waals surface area contributed by atoms with E-state index in [0.717, 1.165) is 30.9 Å². The Morgan fingerprint density at radius 1 is 1.23 bits per heavy atom. The maximum atomic E-state index is 12.2. The largest absolute Gasteiger partial charge is 0.396 e. The van der Waals surface area contributed by atoms with Crippen LogP contribution < -0.4 is 10.6 Å². The van der Waals surface area contributed by atoms with Gasteiger partial charge in [-0.3, -0.25) is 9.20 Å². The van der Waals surface area contributed by atoms with Crippen molar-refractivity contribution < 1.29 is 9.32 Å². The van der Waals surface area contributed by atoms with Crippen LogP contribution in [0.15, 0.2) is 35.3 Å². The summed E-state index contributed by atoms with van der Waals surface area (Å²) in [6.07, 6.45) is 1.84. The first kappa shape index (κ1) is 22.6. The third-order valence-corrected chi connectivity index (χ3v) is 5.30. The summed E-state index contributed by atoms with van der Waals surface area (Å²) in [5, 5.41) is 15.7. The van der Waals surface area contributed by atoms with E-state index < -0.39 is 10.8 Å². The molecule has 1 rings (SSSR count). The number of nitrogens with one attached hydrogen (secondary N) is 2. The van der Waals surface area contributed by atoms with E-state index in [2.05, 4.69) is 29.5 Å². The van der Waals surface area contributed by atoms with Gasteiger partial charge in [-0.15, -0.1) is 0 Å². The predicted octanol–water partition coefficient (Wildman–Crippen LogP) is 2.54. The van der Waals surface area contributed by atoms with Gasteiger partial charge in [0.05, 0.1) is 0 Å². The van der Waals surface area contributed by atoms with Gasteiger partial charge in [-0.2, -0.15) is 0 Å². The van der Waals surface area contributed by atoms with Crippen molar-refractivity contribution in [3.63, 3.8) is 0 Å². The van der Waals surface area contributed by atoms with Crippen molar-refractivity contribution in [2.24, 2.45) is 16.8 Å². The first-order valence-electron chi connectivity index (χ1n) is 9.57. The number of aliphatic hydroxyl groups is 1. The molecule has 1 aromatic rings. The minimum Gasteiger partial charge on any atom is -0.396 e. The minimum absolute atomic E-state index is 0.204. The Kier molecular flexibility index (Phi) is 12.0. The van der Waals surface area contributed by atoms with Gasteiger partial charge >= 0.3 is 0 Å². The molecule has 0 bridgehead atoms. The molecule has 6 heteroatoms. The predicted molar refractivity (Wildman–Crippen MR) is 112 cm³/mol. The summed E-state index contributed by atoms with van der Waals surface area (Å²) in [5.41, 5.74) is 1.10. The van der Waals surface area contributed by atoms with Crippen LogP contribution in [0.3, 0.4) is 0 Å². The normalized spacial score (nSPS) is 14.3. The van der Waals surface area contributed by atoms with Crippen molar-refractivity contribution in [2.45, 2.75) is 39.4 Å². The molecule has 0 amide bonds. The zero-order valence-corrected chi connectivity index (χ0v) is 17.2. The van der Waals surface area contributed by atoms with E-state index in [1.165, 1.54) is 0 Å². The van der Waals surface area contributed by atoms with Gasteiger partial charge in [0.1, 0.15) is 0 Å². The second-order valence-corrected chi connectivity index (χ2v) is 8.50. The molecule has 26 heavy (non-hydrogen) atoms. The molecule has 0 aromatic heterocycles. The number of hydrogen-bond acceptors (Lipinski definition) is 3. The quantitative estimate of drug-likeness (QED) is 0.384. The van der Waals surface area contributed by atoms with Crippen LogP contribution in [0.5, 0.6) is 0 Å². The second kappa shape index (κ2) is 13.8. The fourth-order valence-corrected chi connectivity index (χ4v) is 3.85. The van der Waals surface area contributed by atoms with Gasteiger partial charge in [0.15, 0.2) is 5.96 Å². The zero-order chi connectivity index (χ0) is 19.2. The van der Waals surface area contributed by atoms with E-state index >= 15 is 0 Å². The number of nitrogens with zero attached hydrogens (tertiary/aromatic N) is 1. The number of hydrogen-bond donors (Lipinski definition) is 3. The van der Waals surface area contributed by atoms with E-state index in [-0.39, 0.29) is 6.61 Å². The summed E-state index contributed by atoms with van der Waals surface area (Å²) in [5.74, 6) is 2.92. The van der Waals surface area contributed by atoms with Gasteiger partial charge in [0.25, 0.3) is 0 Å². The van der Waals surface area contributed by atoms with Crippen LogP contribution in [-0.4, -0.2) is 47.3 Å². The van der Waals surface area contributed by atoms with Crippen molar-refractivity contribution in [3.05, 3.63) is 35.9 Å². The van der Waals surface area contributed by atoms with Crippen LogP contribution in [0, 0.1) is 11.8 Å². The molecule has 1 aromatic carbocycles. The molecule has 0 aliphatic rings. The number of benzene rings is 1. The molecule has 2 atom stereocenters. The third-order valence-electron chi connectivity index (χ3n) is 3.99. The molecular formula is C20H35N3O2S. The first-order chi connectivity index (χ1) is 12.5. The monoisotopic (exact) mass is 381 g/mol. The fraction of sp³-hybridized carbons (Fsp3) is 0.650. The Morgan fingerprint density at radius 3 is 2.58 bits per heavy atom. The molecule has 0 aliphatic heterocycles. The molecule has 0 radical (unpaired) electrons. The lowest BCUT2D eigenvalue weighted by Gasteiger charge is -2.17. The van der Waals surface area contributed by atoms with E-state index in [9.17, 15) is 9.32 Å². The average Bonchev–Trinajstić information content (AvgIpc) is 2.60. The van der Waals surface area contributed by atoms with E-state index in [0.29, 0.717) is 36.4 Å². The van der Waals surface area contributed by atoms with Crippen LogP contribution in [0.4, 0.5) is 0 Å². The lowest BCUT2D eigenvalue weighted by Crippen LogP contribution is -2.39. The maximum Gasteiger partial charge on any atom is 0.191 e. The van der Waals surface area contributed by atoms with Crippen molar-refractivity contribution in [1.82, 2.24) is 10.6 Å². The topological polar surface area (TPSA) is 73.7 Å². The molecular weight excluding hydrogens is 346 g/mol. The molecule has 0 saturated heterocycles. The smallest absolute Gasteiger partial charge is 0.191 e. The molecule has 0 aliphatic carbocycles. The summed E-state index contributed by atoms with van der Waals surface area (Å²) in [6, 6.07) is 9.93. The SMILES string of the molecule is CCNC(=NCC(CCO)CC(C)C)NCCS(=O)Cc1ccccc1. The standard InChI is InChI=1S/C20H35N3O2S/c1-4-21-20(23-15-19(10-12-24)14-17(2)3)22-11-13-26(25)16-18-8-6-5-7-9-18/h5-9,17,19,24H,4,10-16H2,1-3H3,(H2,21,22,23). The summed E-state index contributed by atoms with van der Waals surface area (Å²) in [7, 11) is -0.893. The van der Waals surface area contributed by atoms with Gasteiger partial charge in [0.2, 0.25) is 0 Å². The lowest BCUT2D eigenvalue weighted by atomic mass is 9.94. The first-order valence-corrected chi connectivity index (χ1v) is 11.1. The molecule has 0 spiro atoms. The Labute approximate surface area is 161 Å². The molecule has 0 saturated carbocycles. The van der Waals surface area contributed by atoms with E-state index in [1.54, 1.807) is 0 Å². The maximum absolute atomic E-state index is 12.2. The zero-order valence-electron chi connectivity index (χ0n) is 16.4. The molecule has 2 unspecified atom stereocenters. The minimum atomic E-state index is -0.893. The number of rotatable bonds is 12. The van der Waals surface area contributed by atoms with E-state index in [1.807, 2.05) is 37.3 Å². The second-order valence-electron chi connectivity index (χ2n) is 6.93. The van der Waals surface area contributed by atoms with Gasteiger partial charge in [0, 0.05) is 48.5 Å². The Hall–Kier alpha value is -1.40. The van der Waals surface area contributed by atoms with Gasteiger partial charge in [-0.1, -0.05) is 44.2 Å². The number of aliphatic imine (C=N–C) groups is 1. The van der Waals surface area contributed by atoms with Crippen molar-refractivity contribution in [1.29, 1.82) is 0 Å². The number of guanidine groups is 1. The summed E-state index contributed by atoms with van der Waals surface area (Å²) in [6.45, 7) is 8.73. The lowest BCUT2D eigenvalue weighted by molar-refractivity contribution is 0.245. The van der Waals surface area contributed by atoms with Crippen LogP contribution in [0.25, 0.3) is 0 Å². The average molecular weight is 382 g/mol. The summed E-state index contributed by atoms with van der Waals surface area (Å²) < 4.78 is 12.2. The number of aliphatic hydroxyl groups excluding tert-OH is 1. The van der Waals surface area contributed by atoms with E-state index in [4.69, 9.17) is 0 Å². The highest BCUT2D eigenvalue weighted by molar-refractivity contribution is 7.84. The molecule has 0 heterocycles. The molecule has 148 valence electrons. The summed E-state index contributed by atoms with van der Waals surface area (Å²) >= 11 is 0. The Morgan fingerprint density at radius 2 is 1.96 bits per heavy atom. The fourth-order valence-electron chi connectivity index (χ4n) is 2.81. The molecule has 5 nitrogen and oxygen atoms in total. The molecule has 0 fully saturated rings. The molecule has 3 N–H and O–H groups in total. The van der Waals surface area contributed by atoms with Crippen LogP contribution in [-0.2, 0) is 16.6 Å². The van der Waals surface area contributed by atoms with Crippen LogP contribution in [0.1, 0.15) is 39.2 Å². The highest BCUT2D eigenvalue weighted by Crippen LogP contribution is 2.15. The van der Waals surface area contributed by atoms with Gasteiger partial charge in [-0.25, -0.2) is 0 Å². The highest BCUT2D eigenvalue weighted by Gasteiger charge is 2.11. The van der Waals surface area contributed by atoms with Crippen molar-refractivity contribution >= 4 is 16.8 Å². The Balaban J connectivity index is 2.44. The highest BCUT2D eigenvalue weighted by atomic mass is 32.2. The summed E-state index contributed by atoms with van der Waals surface area (Å²) in [4.78, 5) is 4.65. The van der Waals surface area contributed by atoms with Crippen LogP contribution in [0.2, 0.25) is 0 Å². The van der Waals surface area contributed by atoms with Crippen LogP contribution >= 0.6 is 0 Å². The Bertz CT molecular complexity index is 535. The van der Waals surface area contributed by atoms with Crippen molar-refractivity contribution in [2.75, 3.05) is 32.0 Å². The van der Waals surface area contributed by atoms with Gasteiger partial charge < -0.3 is 15.7 Å².